The average Bonchev–Trinajstić information content (AvgIpc) is 2.34. The van der Waals surface area contributed by atoms with Crippen LogP contribution in [0.25, 0.3) is 0 Å². The molecule has 1 aromatic rings. The Labute approximate surface area is 108 Å². The lowest BCUT2D eigenvalue weighted by Gasteiger charge is -2.29. The van der Waals surface area contributed by atoms with Crippen LogP contribution in [0.1, 0.15) is 43.6 Å². The van der Waals surface area contributed by atoms with E-state index in [9.17, 15) is 0 Å². The van der Waals surface area contributed by atoms with Crippen LogP contribution < -0.4 is 0 Å². The zero-order valence-corrected chi connectivity index (χ0v) is 11.0. The van der Waals surface area contributed by atoms with Crippen molar-refractivity contribution >= 4 is 23.2 Å². The van der Waals surface area contributed by atoms with Crippen molar-refractivity contribution in [1.82, 2.24) is 0 Å². The molecule has 1 aliphatic rings. The topological polar surface area (TPSA) is 0 Å². The summed E-state index contributed by atoms with van der Waals surface area (Å²) in [6.45, 7) is 0. The van der Waals surface area contributed by atoms with Gasteiger partial charge in [-0.05, 0) is 36.5 Å². The van der Waals surface area contributed by atoms with E-state index in [2.05, 4.69) is 12.1 Å². The van der Waals surface area contributed by atoms with Crippen LogP contribution >= 0.6 is 23.2 Å². The van der Waals surface area contributed by atoms with Gasteiger partial charge in [-0.3, -0.25) is 0 Å². The quantitative estimate of drug-likeness (QED) is 0.649. The van der Waals surface area contributed by atoms with E-state index in [1.807, 2.05) is 12.1 Å². The average molecular weight is 257 g/mol. The van der Waals surface area contributed by atoms with E-state index in [4.69, 9.17) is 23.2 Å². The second-order valence-electron chi connectivity index (χ2n) is 4.71. The molecular formula is C14H18Cl2. The first-order chi connectivity index (χ1) is 7.81. The van der Waals surface area contributed by atoms with Crippen LogP contribution in [0.4, 0.5) is 0 Å². The van der Waals surface area contributed by atoms with E-state index in [1.54, 1.807) is 0 Å². The van der Waals surface area contributed by atoms with Crippen molar-refractivity contribution in [3.63, 3.8) is 0 Å². The molecule has 1 aromatic carbocycles. The number of halogens is 2. The Morgan fingerprint density at radius 2 is 1.69 bits per heavy atom. The maximum atomic E-state index is 6.14. The molecule has 1 unspecified atom stereocenters. The van der Waals surface area contributed by atoms with Gasteiger partial charge in [0.1, 0.15) is 0 Å². The predicted molar refractivity (Wildman–Crippen MR) is 71.5 cm³/mol. The van der Waals surface area contributed by atoms with Gasteiger partial charge in [-0.2, -0.15) is 0 Å². The molecule has 0 saturated heterocycles. The zero-order valence-electron chi connectivity index (χ0n) is 9.46. The van der Waals surface area contributed by atoms with Crippen LogP contribution in [0.3, 0.4) is 0 Å². The molecule has 0 bridgehead atoms. The minimum Gasteiger partial charge on any atom is -0.126 e. The smallest absolute Gasteiger partial charge is 0.0406 e. The molecule has 0 N–H and O–H groups in total. The minimum absolute atomic E-state index is 0.513. The van der Waals surface area contributed by atoms with E-state index in [0.29, 0.717) is 5.92 Å². The molecule has 1 atom stereocenters. The zero-order chi connectivity index (χ0) is 11.4. The highest BCUT2D eigenvalue weighted by Crippen LogP contribution is 2.37. The van der Waals surface area contributed by atoms with Gasteiger partial charge >= 0.3 is 0 Å². The molecule has 0 aliphatic heterocycles. The Hall–Kier alpha value is -0.200. The number of hydrogen-bond acceptors (Lipinski definition) is 0. The Bertz CT molecular complexity index is 312. The van der Waals surface area contributed by atoms with Crippen LogP contribution in [0, 0.1) is 5.92 Å². The van der Waals surface area contributed by atoms with Crippen LogP contribution in [0.2, 0.25) is 5.02 Å². The van der Waals surface area contributed by atoms with Gasteiger partial charge in [-0.15, -0.1) is 11.6 Å². The van der Waals surface area contributed by atoms with Gasteiger partial charge in [-0.25, -0.2) is 0 Å². The molecule has 0 spiro atoms. The van der Waals surface area contributed by atoms with E-state index >= 15 is 0 Å². The van der Waals surface area contributed by atoms with Gasteiger partial charge in [0.05, 0.1) is 0 Å². The van der Waals surface area contributed by atoms with Gasteiger partial charge in [-0.1, -0.05) is 43.0 Å². The van der Waals surface area contributed by atoms with Gasteiger partial charge in [0.2, 0.25) is 0 Å². The molecule has 1 fully saturated rings. The van der Waals surface area contributed by atoms with Crippen LogP contribution in [-0.2, 0) is 0 Å². The number of benzene rings is 1. The molecule has 1 saturated carbocycles. The summed E-state index contributed by atoms with van der Waals surface area (Å²) in [5.41, 5.74) is 1.35. The molecule has 0 aromatic heterocycles. The van der Waals surface area contributed by atoms with Crippen molar-refractivity contribution in [2.24, 2.45) is 5.92 Å². The Morgan fingerprint density at radius 3 is 2.25 bits per heavy atom. The summed E-state index contributed by atoms with van der Waals surface area (Å²) in [7, 11) is 0. The van der Waals surface area contributed by atoms with Crippen molar-refractivity contribution in [3.8, 4) is 0 Å². The number of rotatable bonds is 3. The molecule has 2 rings (SSSR count). The Morgan fingerprint density at radius 1 is 1.06 bits per heavy atom. The second kappa shape index (κ2) is 5.93. The maximum absolute atomic E-state index is 6.14. The van der Waals surface area contributed by atoms with Crippen LogP contribution in [-0.4, -0.2) is 5.88 Å². The van der Waals surface area contributed by atoms with Crippen molar-refractivity contribution in [1.29, 1.82) is 0 Å². The maximum Gasteiger partial charge on any atom is 0.0406 e. The molecule has 0 amide bonds. The third kappa shape index (κ3) is 2.93. The molecule has 0 nitrogen and oxygen atoms in total. The molecule has 0 radical (unpaired) electrons. The summed E-state index contributed by atoms with van der Waals surface area (Å²) in [5, 5.41) is 0.806. The van der Waals surface area contributed by atoms with Gasteiger partial charge in [0.25, 0.3) is 0 Å². The monoisotopic (exact) mass is 256 g/mol. The lowest BCUT2D eigenvalue weighted by Crippen LogP contribution is -2.17. The molecule has 88 valence electrons. The van der Waals surface area contributed by atoms with E-state index in [1.165, 1.54) is 37.7 Å². The summed E-state index contributed by atoms with van der Waals surface area (Å²) in [6.07, 6.45) is 6.80. The standard InChI is InChI=1S/C14H18Cl2/c15-10-14(11-4-2-1-3-5-11)12-6-8-13(16)9-7-12/h6-9,11,14H,1-5,10H2. The van der Waals surface area contributed by atoms with Gasteiger partial charge in [0.15, 0.2) is 0 Å². The lowest BCUT2D eigenvalue weighted by atomic mass is 9.78. The second-order valence-corrected chi connectivity index (χ2v) is 5.46. The molecule has 1 aliphatic carbocycles. The van der Waals surface area contributed by atoms with Crippen molar-refractivity contribution in [3.05, 3.63) is 34.9 Å². The van der Waals surface area contributed by atoms with E-state index in [-0.39, 0.29) is 0 Å². The summed E-state index contributed by atoms with van der Waals surface area (Å²) < 4.78 is 0. The van der Waals surface area contributed by atoms with Gasteiger partial charge < -0.3 is 0 Å². The first-order valence-electron chi connectivity index (χ1n) is 6.12. The molecule has 16 heavy (non-hydrogen) atoms. The number of hydrogen-bond donors (Lipinski definition) is 0. The third-order valence-electron chi connectivity index (χ3n) is 3.68. The summed E-state index contributed by atoms with van der Waals surface area (Å²) in [6, 6.07) is 8.20. The predicted octanol–water partition coefficient (Wildman–Crippen LogP) is 5.24. The summed E-state index contributed by atoms with van der Waals surface area (Å²) in [4.78, 5) is 0. The fourth-order valence-electron chi connectivity index (χ4n) is 2.73. The van der Waals surface area contributed by atoms with Crippen LogP contribution in [0.15, 0.2) is 24.3 Å². The third-order valence-corrected chi connectivity index (χ3v) is 4.27. The molecule has 0 heterocycles. The van der Waals surface area contributed by atoms with Crippen molar-refractivity contribution in [2.45, 2.75) is 38.0 Å². The van der Waals surface area contributed by atoms with Crippen molar-refractivity contribution in [2.75, 3.05) is 5.88 Å². The lowest BCUT2D eigenvalue weighted by molar-refractivity contribution is 0.318. The first-order valence-corrected chi connectivity index (χ1v) is 7.04. The largest absolute Gasteiger partial charge is 0.126 e. The highest BCUT2D eigenvalue weighted by Gasteiger charge is 2.24. The summed E-state index contributed by atoms with van der Waals surface area (Å²) >= 11 is 12.1. The molecular weight excluding hydrogens is 239 g/mol. The number of alkyl halides is 1. The Balaban J connectivity index is 2.11. The fraction of sp³-hybridized carbons (Fsp3) is 0.571. The Kier molecular flexibility index (Phi) is 4.55. The fourth-order valence-corrected chi connectivity index (χ4v) is 3.29. The normalized spacial score (nSPS) is 19.6. The highest BCUT2D eigenvalue weighted by molar-refractivity contribution is 6.30. The van der Waals surface area contributed by atoms with Gasteiger partial charge in [0, 0.05) is 16.8 Å². The highest BCUT2D eigenvalue weighted by atomic mass is 35.5. The summed E-state index contributed by atoms with van der Waals surface area (Å²) in [5.74, 6) is 2.01. The SMILES string of the molecule is ClCC(c1ccc(Cl)cc1)C1CCCCC1. The minimum atomic E-state index is 0.513. The van der Waals surface area contributed by atoms with E-state index < -0.39 is 0 Å². The van der Waals surface area contributed by atoms with E-state index in [0.717, 1.165) is 16.8 Å². The van der Waals surface area contributed by atoms with Crippen molar-refractivity contribution < 1.29 is 0 Å². The van der Waals surface area contributed by atoms with Crippen LogP contribution in [0.5, 0.6) is 0 Å². The molecule has 2 heteroatoms. The first kappa shape index (κ1) is 12.3.